The Bertz CT molecular complexity index is 477. The van der Waals surface area contributed by atoms with E-state index in [1.165, 1.54) is 0 Å². The van der Waals surface area contributed by atoms with Gasteiger partial charge in [0.05, 0.1) is 18.5 Å². The number of aromatic nitrogens is 1. The van der Waals surface area contributed by atoms with Gasteiger partial charge in [-0.05, 0) is 24.3 Å². The molecule has 0 aliphatic carbocycles. The number of methoxy groups -OCH3 is 1. The van der Waals surface area contributed by atoms with E-state index < -0.39 is 0 Å². The SMILES string of the molecule is COCc1ccc(C=NCc2ccccn2)o1. The van der Waals surface area contributed by atoms with Crippen LogP contribution < -0.4 is 0 Å². The molecule has 0 saturated carbocycles. The Labute approximate surface area is 100.0 Å². The van der Waals surface area contributed by atoms with E-state index in [-0.39, 0.29) is 0 Å². The van der Waals surface area contributed by atoms with Crippen molar-refractivity contribution >= 4 is 6.21 Å². The molecule has 2 heterocycles. The fraction of sp³-hybridized carbons (Fsp3) is 0.231. The highest BCUT2D eigenvalue weighted by Gasteiger charge is 1.98. The molecule has 2 rings (SSSR count). The van der Waals surface area contributed by atoms with Crippen LogP contribution in [0.2, 0.25) is 0 Å². The fourth-order valence-electron chi connectivity index (χ4n) is 1.40. The van der Waals surface area contributed by atoms with E-state index in [2.05, 4.69) is 9.98 Å². The summed E-state index contributed by atoms with van der Waals surface area (Å²) in [4.78, 5) is 8.44. The second kappa shape index (κ2) is 5.96. The zero-order valence-electron chi connectivity index (χ0n) is 9.67. The van der Waals surface area contributed by atoms with Crippen LogP contribution in [-0.2, 0) is 17.9 Å². The first-order valence-electron chi connectivity index (χ1n) is 5.36. The van der Waals surface area contributed by atoms with Crippen molar-refractivity contribution in [2.24, 2.45) is 4.99 Å². The van der Waals surface area contributed by atoms with Crippen LogP contribution in [-0.4, -0.2) is 18.3 Å². The van der Waals surface area contributed by atoms with Crippen LogP contribution in [0.4, 0.5) is 0 Å². The van der Waals surface area contributed by atoms with Crippen molar-refractivity contribution in [2.45, 2.75) is 13.2 Å². The minimum absolute atomic E-state index is 0.480. The molecule has 0 aliphatic rings. The van der Waals surface area contributed by atoms with Gasteiger partial charge in [0.15, 0.2) is 0 Å². The molecule has 0 amide bonds. The molecule has 0 saturated heterocycles. The van der Waals surface area contributed by atoms with Gasteiger partial charge in [-0.2, -0.15) is 0 Å². The summed E-state index contributed by atoms with van der Waals surface area (Å²) in [5.74, 6) is 1.53. The van der Waals surface area contributed by atoms with Crippen molar-refractivity contribution < 1.29 is 9.15 Å². The molecular weight excluding hydrogens is 216 g/mol. The first-order valence-corrected chi connectivity index (χ1v) is 5.36. The van der Waals surface area contributed by atoms with Crippen LogP contribution in [0.15, 0.2) is 45.9 Å². The van der Waals surface area contributed by atoms with E-state index in [1.54, 1.807) is 19.5 Å². The molecule has 0 spiro atoms. The van der Waals surface area contributed by atoms with Gasteiger partial charge in [0.2, 0.25) is 0 Å². The average Bonchev–Trinajstić information content (AvgIpc) is 2.79. The third-order valence-corrected chi connectivity index (χ3v) is 2.17. The second-order valence-electron chi connectivity index (χ2n) is 3.53. The van der Waals surface area contributed by atoms with E-state index in [9.17, 15) is 0 Å². The molecule has 0 N–H and O–H groups in total. The molecule has 0 radical (unpaired) electrons. The Morgan fingerprint density at radius 2 is 2.29 bits per heavy atom. The van der Waals surface area contributed by atoms with Crippen molar-refractivity contribution in [2.75, 3.05) is 7.11 Å². The predicted octanol–water partition coefficient (Wildman–Crippen LogP) is 2.44. The molecule has 0 bridgehead atoms. The fourth-order valence-corrected chi connectivity index (χ4v) is 1.40. The highest BCUT2D eigenvalue weighted by molar-refractivity contribution is 5.75. The van der Waals surface area contributed by atoms with E-state index in [0.717, 1.165) is 17.2 Å². The highest BCUT2D eigenvalue weighted by Crippen LogP contribution is 2.07. The third kappa shape index (κ3) is 3.53. The lowest BCUT2D eigenvalue weighted by Crippen LogP contribution is -1.86. The van der Waals surface area contributed by atoms with E-state index in [1.807, 2.05) is 30.3 Å². The average molecular weight is 230 g/mol. The second-order valence-corrected chi connectivity index (χ2v) is 3.53. The lowest BCUT2D eigenvalue weighted by atomic mass is 10.3. The first kappa shape index (κ1) is 11.5. The minimum atomic E-state index is 0.480. The van der Waals surface area contributed by atoms with Gasteiger partial charge in [0.25, 0.3) is 0 Å². The monoisotopic (exact) mass is 230 g/mol. The molecule has 88 valence electrons. The van der Waals surface area contributed by atoms with E-state index in [0.29, 0.717) is 13.2 Å². The first-order chi connectivity index (χ1) is 8.38. The summed E-state index contributed by atoms with van der Waals surface area (Å²) < 4.78 is 10.4. The zero-order chi connectivity index (χ0) is 11.9. The van der Waals surface area contributed by atoms with Gasteiger partial charge in [-0.3, -0.25) is 9.98 Å². The van der Waals surface area contributed by atoms with Gasteiger partial charge in [-0.1, -0.05) is 6.07 Å². The Kier molecular flexibility index (Phi) is 4.05. The maximum atomic E-state index is 5.47. The molecule has 4 nitrogen and oxygen atoms in total. The number of rotatable bonds is 5. The summed E-state index contributed by atoms with van der Waals surface area (Å²) in [6.45, 7) is 1.04. The van der Waals surface area contributed by atoms with Gasteiger partial charge >= 0.3 is 0 Å². The number of hydrogen-bond acceptors (Lipinski definition) is 4. The lowest BCUT2D eigenvalue weighted by Gasteiger charge is -1.93. The largest absolute Gasteiger partial charge is 0.458 e. The lowest BCUT2D eigenvalue weighted by molar-refractivity contribution is 0.164. The summed E-state index contributed by atoms with van der Waals surface area (Å²) in [6, 6.07) is 9.52. The molecule has 2 aromatic rings. The normalized spacial score (nSPS) is 11.1. The third-order valence-electron chi connectivity index (χ3n) is 2.17. The summed E-state index contributed by atoms with van der Waals surface area (Å²) in [5, 5.41) is 0. The molecular formula is C13H14N2O2. The maximum absolute atomic E-state index is 5.47. The minimum Gasteiger partial charge on any atom is -0.458 e. The van der Waals surface area contributed by atoms with E-state index in [4.69, 9.17) is 9.15 Å². The van der Waals surface area contributed by atoms with Crippen LogP contribution in [0.5, 0.6) is 0 Å². The molecule has 0 aromatic carbocycles. The Morgan fingerprint density at radius 1 is 1.35 bits per heavy atom. The topological polar surface area (TPSA) is 47.6 Å². The van der Waals surface area contributed by atoms with Gasteiger partial charge in [-0.25, -0.2) is 0 Å². The number of aliphatic imine (C=N–C) groups is 1. The van der Waals surface area contributed by atoms with Gasteiger partial charge < -0.3 is 9.15 Å². The summed E-state index contributed by atoms with van der Waals surface area (Å²) in [5.41, 5.74) is 0.937. The van der Waals surface area contributed by atoms with Gasteiger partial charge in [0, 0.05) is 13.3 Å². The number of pyridine rings is 1. The zero-order valence-corrected chi connectivity index (χ0v) is 9.67. The standard InChI is InChI=1S/C13H14N2O2/c1-16-10-13-6-5-12(17-13)9-14-8-11-4-2-3-7-15-11/h2-7,9H,8,10H2,1H3. The van der Waals surface area contributed by atoms with Crippen molar-refractivity contribution in [3.05, 3.63) is 53.7 Å². The van der Waals surface area contributed by atoms with Crippen molar-refractivity contribution in [1.82, 2.24) is 4.98 Å². The Balaban J connectivity index is 1.91. The Morgan fingerprint density at radius 3 is 3.06 bits per heavy atom. The smallest absolute Gasteiger partial charge is 0.144 e. The predicted molar refractivity (Wildman–Crippen MR) is 65.0 cm³/mol. The Hall–Kier alpha value is -1.94. The van der Waals surface area contributed by atoms with Crippen LogP contribution in [0, 0.1) is 0 Å². The van der Waals surface area contributed by atoms with Crippen LogP contribution in [0.1, 0.15) is 17.2 Å². The molecule has 0 unspecified atom stereocenters. The number of hydrogen-bond donors (Lipinski definition) is 0. The number of ether oxygens (including phenoxy) is 1. The summed E-state index contributed by atoms with van der Waals surface area (Å²) >= 11 is 0. The van der Waals surface area contributed by atoms with E-state index >= 15 is 0 Å². The van der Waals surface area contributed by atoms with Crippen LogP contribution >= 0.6 is 0 Å². The highest BCUT2D eigenvalue weighted by atomic mass is 16.5. The van der Waals surface area contributed by atoms with Crippen molar-refractivity contribution in [1.29, 1.82) is 0 Å². The number of nitrogens with zero attached hydrogens (tertiary/aromatic N) is 2. The molecule has 17 heavy (non-hydrogen) atoms. The van der Waals surface area contributed by atoms with Crippen molar-refractivity contribution in [3.8, 4) is 0 Å². The van der Waals surface area contributed by atoms with Crippen LogP contribution in [0.25, 0.3) is 0 Å². The summed E-state index contributed by atoms with van der Waals surface area (Å²) in [7, 11) is 1.64. The molecule has 0 aliphatic heterocycles. The number of furan rings is 1. The summed E-state index contributed by atoms with van der Waals surface area (Å²) in [6.07, 6.45) is 3.46. The van der Waals surface area contributed by atoms with Crippen LogP contribution in [0.3, 0.4) is 0 Å². The molecule has 0 atom stereocenters. The molecule has 2 aromatic heterocycles. The molecule has 0 fully saturated rings. The molecule has 4 heteroatoms. The maximum Gasteiger partial charge on any atom is 0.144 e. The quantitative estimate of drug-likeness (QED) is 0.741. The van der Waals surface area contributed by atoms with Gasteiger partial charge in [0.1, 0.15) is 18.1 Å². The van der Waals surface area contributed by atoms with Gasteiger partial charge in [-0.15, -0.1) is 0 Å². The van der Waals surface area contributed by atoms with Crippen molar-refractivity contribution in [3.63, 3.8) is 0 Å².